The van der Waals surface area contributed by atoms with Gasteiger partial charge in [-0.2, -0.15) is 0 Å². The average molecular weight is 384 g/mol. The summed E-state index contributed by atoms with van der Waals surface area (Å²) in [6.07, 6.45) is 0. The zero-order valence-electron chi connectivity index (χ0n) is 15.5. The van der Waals surface area contributed by atoms with E-state index >= 15 is 0 Å². The second-order valence-corrected chi connectivity index (χ2v) is 8.19. The summed E-state index contributed by atoms with van der Waals surface area (Å²) in [7, 11) is -3.56. The monoisotopic (exact) mass is 384 g/mol. The molecule has 4 aromatic rings. The molecule has 0 N–H and O–H groups in total. The molecule has 2 aromatic heterocycles. The molecule has 7 heteroatoms. The van der Waals surface area contributed by atoms with E-state index in [-0.39, 0.29) is 18.8 Å². The van der Waals surface area contributed by atoms with Gasteiger partial charge in [-0.15, -0.1) is 0 Å². The van der Waals surface area contributed by atoms with Crippen LogP contribution in [0, 0.1) is 6.92 Å². The molecule has 140 valence electrons. The molecule has 2 heterocycles. The molecule has 0 fully saturated rings. The summed E-state index contributed by atoms with van der Waals surface area (Å²) < 4.78 is 28.4. The van der Waals surface area contributed by atoms with Crippen molar-refractivity contribution in [2.45, 2.75) is 20.8 Å². The maximum Gasteiger partial charge on any atom is 0.363 e. The van der Waals surface area contributed by atoms with Crippen LogP contribution in [-0.4, -0.2) is 22.2 Å². The summed E-state index contributed by atoms with van der Waals surface area (Å²) in [5.41, 5.74) is 1.97. The van der Waals surface area contributed by atoms with Gasteiger partial charge < -0.3 is 9.05 Å². The number of aromatic nitrogens is 2. The molecule has 0 radical (unpaired) electrons. The first-order valence-corrected chi connectivity index (χ1v) is 10.5. The van der Waals surface area contributed by atoms with Gasteiger partial charge in [-0.05, 0) is 39.0 Å². The topological polar surface area (TPSA) is 61.4 Å². The molecule has 0 unspecified atom stereocenters. The van der Waals surface area contributed by atoms with Crippen molar-refractivity contribution in [2.75, 3.05) is 13.2 Å². The molecule has 0 aliphatic heterocycles. The number of para-hydroxylation sites is 2. The number of aryl methyl sites for hydroxylation is 1. The molecular weight excluding hydrogens is 363 g/mol. The predicted molar refractivity (Wildman–Crippen MR) is 107 cm³/mol. The molecule has 27 heavy (non-hydrogen) atoms. The molecule has 4 rings (SSSR count). The van der Waals surface area contributed by atoms with Crippen LogP contribution >= 0.6 is 7.60 Å². The first-order chi connectivity index (χ1) is 13.0. The van der Waals surface area contributed by atoms with E-state index in [1.165, 1.54) is 0 Å². The minimum absolute atomic E-state index is 0.112. The number of nitrogens with zero attached hydrogens (tertiary/aromatic N) is 2. The van der Waals surface area contributed by atoms with Crippen molar-refractivity contribution in [1.82, 2.24) is 9.03 Å². The van der Waals surface area contributed by atoms with Crippen molar-refractivity contribution in [1.29, 1.82) is 0 Å². The van der Waals surface area contributed by atoms with Crippen molar-refractivity contribution in [3.8, 4) is 0 Å². The molecule has 6 nitrogen and oxygen atoms in total. The minimum atomic E-state index is -3.56. The van der Waals surface area contributed by atoms with Gasteiger partial charge >= 0.3 is 7.60 Å². The molecule has 0 aliphatic rings. The molecule has 2 aromatic carbocycles. The van der Waals surface area contributed by atoms with Crippen LogP contribution in [0.5, 0.6) is 0 Å². The lowest BCUT2D eigenvalue weighted by Gasteiger charge is -2.22. The lowest BCUT2D eigenvalue weighted by Crippen LogP contribution is -2.24. The van der Waals surface area contributed by atoms with Crippen LogP contribution in [0.25, 0.3) is 21.8 Å². The Morgan fingerprint density at radius 3 is 1.96 bits per heavy atom. The normalized spacial score (nSPS) is 12.4. The average Bonchev–Trinajstić information content (AvgIpc) is 2.96. The quantitative estimate of drug-likeness (QED) is 0.490. The van der Waals surface area contributed by atoms with Crippen molar-refractivity contribution < 1.29 is 13.6 Å². The van der Waals surface area contributed by atoms with E-state index < -0.39 is 7.60 Å². The van der Waals surface area contributed by atoms with Gasteiger partial charge in [0, 0.05) is 5.39 Å². The second kappa shape index (κ2) is 6.64. The van der Waals surface area contributed by atoms with E-state index in [4.69, 9.17) is 9.05 Å². The Morgan fingerprint density at radius 2 is 1.37 bits per heavy atom. The summed E-state index contributed by atoms with van der Waals surface area (Å²) in [5.74, 6) is 0. The number of rotatable bonds is 5. The van der Waals surface area contributed by atoms with E-state index in [0.717, 1.165) is 5.52 Å². The highest BCUT2D eigenvalue weighted by molar-refractivity contribution is 7.62. The molecule has 0 saturated heterocycles. The van der Waals surface area contributed by atoms with Crippen LogP contribution in [-0.2, 0) is 13.6 Å². The van der Waals surface area contributed by atoms with Crippen LogP contribution in [0.4, 0.5) is 0 Å². The summed E-state index contributed by atoms with van der Waals surface area (Å²) in [6.45, 7) is 5.94. The second-order valence-electron chi connectivity index (χ2n) is 6.23. The van der Waals surface area contributed by atoms with E-state index in [9.17, 15) is 9.36 Å². The Kier molecular flexibility index (Phi) is 4.42. The zero-order valence-corrected chi connectivity index (χ0v) is 16.4. The Balaban J connectivity index is 2.29. The number of hydrogen-bond acceptors (Lipinski definition) is 4. The van der Waals surface area contributed by atoms with Gasteiger partial charge in [-0.3, -0.25) is 9.36 Å². The molecule has 0 amide bonds. The standard InChI is InChI=1S/C20H21N2O4P/c1-4-25-27(24,26-5-2)19-14(3)21-18-13-9-7-11-16(18)20(23)22(21)17-12-8-6-10-15(17)19/h6-13H,4-5H2,1-3H3. The van der Waals surface area contributed by atoms with Crippen molar-refractivity contribution in [3.63, 3.8) is 0 Å². The SMILES string of the molecule is CCOP(=O)(OCC)c1c(C)n2c3ccccc3c(=O)n2c2ccccc12. The third-order valence-electron chi connectivity index (χ3n) is 4.67. The zero-order chi connectivity index (χ0) is 19.2. The van der Waals surface area contributed by atoms with Crippen LogP contribution in [0.15, 0.2) is 53.3 Å². The molecule has 0 aliphatic carbocycles. The van der Waals surface area contributed by atoms with Crippen LogP contribution in [0.2, 0.25) is 0 Å². The lowest BCUT2D eigenvalue weighted by atomic mass is 10.2. The Hall–Kier alpha value is -2.40. The maximum atomic E-state index is 13.7. The number of benzene rings is 2. The maximum absolute atomic E-state index is 13.7. The van der Waals surface area contributed by atoms with Gasteiger partial charge in [-0.25, -0.2) is 9.03 Å². The Labute approximate surface area is 156 Å². The summed E-state index contributed by atoms with van der Waals surface area (Å²) in [6, 6.07) is 14.8. The Morgan fingerprint density at radius 1 is 0.852 bits per heavy atom. The fraction of sp³-hybridized carbons (Fsp3) is 0.250. The van der Waals surface area contributed by atoms with Crippen molar-refractivity contribution >= 4 is 34.7 Å². The Bertz CT molecular complexity index is 1260. The first kappa shape index (κ1) is 18.0. The molecule has 0 saturated carbocycles. The molecule has 0 spiro atoms. The van der Waals surface area contributed by atoms with Gasteiger partial charge in [0.1, 0.15) is 0 Å². The summed E-state index contributed by atoms with van der Waals surface area (Å²) in [4.78, 5) is 13.1. The van der Waals surface area contributed by atoms with Crippen LogP contribution in [0.3, 0.4) is 0 Å². The van der Waals surface area contributed by atoms with Gasteiger partial charge in [-0.1, -0.05) is 30.3 Å². The first-order valence-electron chi connectivity index (χ1n) is 8.97. The van der Waals surface area contributed by atoms with E-state index in [0.29, 0.717) is 27.3 Å². The molecule has 0 atom stereocenters. The van der Waals surface area contributed by atoms with Gasteiger partial charge in [0.25, 0.3) is 5.56 Å². The highest BCUT2D eigenvalue weighted by Gasteiger charge is 2.33. The number of fused-ring (bicyclic) bond motifs is 5. The highest BCUT2D eigenvalue weighted by atomic mass is 31.2. The largest absolute Gasteiger partial charge is 0.363 e. The fourth-order valence-corrected chi connectivity index (χ4v) is 5.69. The third kappa shape index (κ3) is 2.56. The highest BCUT2D eigenvalue weighted by Crippen LogP contribution is 2.49. The molecular formula is C20H21N2O4P. The lowest BCUT2D eigenvalue weighted by molar-refractivity contribution is 0.230. The van der Waals surface area contributed by atoms with Crippen molar-refractivity contribution in [2.24, 2.45) is 0 Å². The van der Waals surface area contributed by atoms with Gasteiger partial charge in [0.05, 0.1) is 40.6 Å². The van der Waals surface area contributed by atoms with Crippen LogP contribution < -0.4 is 10.9 Å². The van der Waals surface area contributed by atoms with E-state index in [2.05, 4.69) is 0 Å². The number of hydrogen-bond donors (Lipinski definition) is 0. The smallest absolute Gasteiger partial charge is 0.305 e. The summed E-state index contributed by atoms with van der Waals surface area (Å²) >= 11 is 0. The van der Waals surface area contributed by atoms with Gasteiger partial charge in [0.2, 0.25) is 0 Å². The van der Waals surface area contributed by atoms with Crippen LogP contribution in [0.1, 0.15) is 19.5 Å². The fourth-order valence-electron chi connectivity index (χ4n) is 3.71. The third-order valence-corrected chi connectivity index (χ3v) is 6.98. The van der Waals surface area contributed by atoms with Gasteiger partial charge in [0.15, 0.2) is 0 Å². The van der Waals surface area contributed by atoms with E-state index in [1.54, 1.807) is 28.9 Å². The van der Waals surface area contributed by atoms with Crippen molar-refractivity contribution in [3.05, 3.63) is 64.6 Å². The minimum Gasteiger partial charge on any atom is -0.305 e. The predicted octanol–water partition coefficient (Wildman–Crippen LogP) is 3.91. The summed E-state index contributed by atoms with van der Waals surface area (Å²) in [5, 5.41) is 1.80. The van der Waals surface area contributed by atoms with E-state index in [1.807, 2.05) is 49.4 Å². The molecule has 0 bridgehead atoms.